The fourth-order valence-corrected chi connectivity index (χ4v) is 5.19. The maximum Gasteiger partial charge on any atom is 0.254 e. The lowest BCUT2D eigenvalue weighted by molar-refractivity contribution is -0.135. The molecule has 0 radical (unpaired) electrons. The summed E-state index contributed by atoms with van der Waals surface area (Å²) < 4.78 is 37.7. The van der Waals surface area contributed by atoms with Crippen molar-refractivity contribution in [3.63, 3.8) is 0 Å². The van der Waals surface area contributed by atoms with Crippen molar-refractivity contribution in [3.8, 4) is 5.75 Å². The van der Waals surface area contributed by atoms with Gasteiger partial charge in [-0.15, -0.1) is 11.3 Å². The first-order chi connectivity index (χ1) is 17.5. The van der Waals surface area contributed by atoms with Gasteiger partial charge in [-0.05, 0) is 78.4 Å². The zero-order chi connectivity index (χ0) is 25.5. The normalized spacial score (nSPS) is 14.9. The third kappa shape index (κ3) is 6.27. The van der Waals surface area contributed by atoms with Gasteiger partial charge in [0.15, 0.2) is 0 Å². The lowest BCUT2D eigenvalue weighted by atomic mass is 10.0. The fraction of sp³-hybridized carbons (Fsp3) is 0.333. The number of fused-ring (bicyclic) bond motifs is 1. The molecule has 36 heavy (non-hydrogen) atoms. The van der Waals surface area contributed by atoms with Crippen LogP contribution in [0.1, 0.15) is 33.3 Å². The second-order valence-electron chi connectivity index (χ2n) is 8.50. The molecule has 0 saturated heterocycles. The van der Waals surface area contributed by atoms with Crippen molar-refractivity contribution < 1.29 is 27.8 Å². The molecule has 4 rings (SSSR count). The second kappa shape index (κ2) is 12.1. The van der Waals surface area contributed by atoms with Crippen LogP contribution in [0.3, 0.4) is 0 Å². The van der Waals surface area contributed by atoms with E-state index < -0.39 is 5.82 Å². The molecule has 6 nitrogen and oxygen atoms in total. The minimum Gasteiger partial charge on any atom is -0.491 e. The van der Waals surface area contributed by atoms with Crippen LogP contribution < -0.4 is 4.74 Å². The Morgan fingerprint density at radius 1 is 1.06 bits per heavy atom. The van der Waals surface area contributed by atoms with Crippen molar-refractivity contribution in [1.82, 2.24) is 9.80 Å². The SMILES string of the molecule is COCCCN(CC(=O)N1CCc2sccc2[C@@H]1COc1ccc(F)cc1)C(=O)c1ccc(F)cc1. The lowest BCUT2D eigenvalue weighted by Crippen LogP contribution is -2.48. The molecule has 190 valence electrons. The summed E-state index contributed by atoms with van der Waals surface area (Å²) in [6, 6.07) is 12.7. The number of nitrogens with zero attached hydrogens (tertiary/aromatic N) is 2. The average Bonchev–Trinajstić information content (AvgIpc) is 3.37. The van der Waals surface area contributed by atoms with Crippen molar-refractivity contribution >= 4 is 23.2 Å². The third-order valence-electron chi connectivity index (χ3n) is 6.12. The van der Waals surface area contributed by atoms with E-state index >= 15 is 0 Å². The number of methoxy groups -OCH3 is 1. The van der Waals surface area contributed by atoms with Gasteiger partial charge in [0.05, 0.1) is 6.04 Å². The minimum atomic E-state index is -0.433. The molecule has 2 aromatic carbocycles. The summed E-state index contributed by atoms with van der Waals surface area (Å²) in [5.74, 6) is -0.813. The highest BCUT2D eigenvalue weighted by molar-refractivity contribution is 7.10. The quantitative estimate of drug-likeness (QED) is 0.368. The van der Waals surface area contributed by atoms with Crippen LogP contribution in [-0.4, -0.2) is 61.6 Å². The van der Waals surface area contributed by atoms with E-state index in [4.69, 9.17) is 9.47 Å². The zero-order valence-electron chi connectivity index (χ0n) is 20.0. The van der Waals surface area contributed by atoms with Gasteiger partial charge in [-0.3, -0.25) is 9.59 Å². The number of ether oxygens (including phenoxy) is 2. The van der Waals surface area contributed by atoms with Crippen molar-refractivity contribution in [1.29, 1.82) is 0 Å². The average molecular weight is 515 g/mol. The van der Waals surface area contributed by atoms with Gasteiger partial charge in [-0.1, -0.05) is 0 Å². The molecule has 2 amide bonds. The van der Waals surface area contributed by atoms with E-state index in [0.29, 0.717) is 37.4 Å². The van der Waals surface area contributed by atoms with Crippen molar-refractivity contribution in [2.75, 3.05) is 40.0 Å². The second-order valence-corrected chi connectivity index (χ2v) is 9.50. The van der Waals surface area contributed by atoms with Crippen LogP contribution >= 0.6 is 11.3 Å². The van der Waals surface area contributed by atoms with Crippen molar-refractivity contribution in [2.45, 2.75) is 18.9 Å². The number of hydrogen-bond acceptors (Lipinski definition) is 5. The summed E-state index contributed by atoms with van der Waals surface area (Å²) in [6.45, 7) is 1.35. The molecular formula is C27H28F2N2O4S. The third-order valence-corrected chi connectivity index (χ3v) is 7.11. The van der Waals surface area contributed by atoms with E-state index in [1.165, 1.54) is 46.2 Å². The molecule has 1 aromatic heterocycles. The lowest BCUT2D eigenvalue weighted by Gasteiger charge is -2.37. The number of hydrogen-bond donors (Lipinski definition) is 0. The number of benzene rings is 2. The summed E-state index contributed by atoms with van der Waals surface area (Å²) >= 11 is 1.65. The maximum absolute atomic E-state index is 13.6. The van der Waals surface area contributed by atoms with E-state index in [0.717, 1.165) is 12.0 Å². The van der Waals surface area contributed by atoms with Gasteiger partial charge < -0.3 is 19.3 Å². The highest BCUT2D eigenvalue weighted by Crippen LogP contribution is 2.34. The Bertz CT molecular complexity index is 1170. The van der Waals surface area contributed by atoms with E-state index in [-0.39, 0.29) is 36.8 Å². The molecule has 1 atom stereocenters. The van der Waals surface area contributed by atoms with Gasteiger partial charge in [0.25, 0.3) is 5.91 Å². The van der Waals surface area contributed by atoms with Crippen LogP contribution in [0, 0.1) is 11.6 Å². The van der Waals surface area contributed by atoms with E-state index in [1.807, 2.05) is 11.4 Å². The van der Waals surface area contributed by atoms with Crippen LogP contribution in [0.25, 0.3) is 0 Å². The van der Waals surface area contributed by atoms with Gasteiger partial charge in [-0.25, -0.2) is 8.78 Å². The predicted molar refractivity (Wildman–Crippen MR) is 133 cm³/mol. The Morgan fingerprint density at radius 3 is 2.44 bits per heavy atom. The highest BCUT2D eigenvalue weighted by Gasteiger charge is 2.33. The Morgan fingerprint density at radius 2 is 1.75 bits per heavy atom. The number of thiophene rings is 1. The summed E-state index contributed by atoms with van der Waals surface area (Å²) in [6.07, 6.45) is 1.28. The number of carbonyl (C=O) groups excluding carboxylic acids is 2. The largest absolute Gasteiger partial charge is 0.491 e. The fourth-order valence-electron chi connectivity index (χ4n) is 4.26. The van der Waals surface area contributed by atoms with Gasteiger partial charge in [0.1, 0.15) is 30.5 Å². The van der Waals surface area contributed by atoms with Gasteiger partial charge in [0.2, 0.25) is 5.91 Å². The predicted octanol–water partition coefficient (Wildman–Crippen LogP) is 4.71. The molecular weight excluding hydrogens is 486 g/mol. The number of carbonyl (C=O) groups is 2. The first kappa shape index (κ1) is 25.8. The monoisotopic (exact) mass is 514 g/mol. The molecule has 1 aliphatic rings. The Balaban J connectivity index is 1.51. The Hall–Kier alpha value is -3.30. The summed E-state index contributed by atoms with van der Waals surface area (Å²) in [5.41, 5.74) is 1.34. The van der Waals surface area contributed by atoms with E-state index in [1.54, 1.807) is 35.5 Å². The smallest absolute Gasteiger partial charge is 0.254 e. The van der Waals surface area contributed by atoms with E-state index in [9.17, 15) is 18.4 Å². The highest BCUT2D eigenvalue weighted by atomic mass is 32.1. The van der Waals surface area contributed by atoms with Crippen LogP contribution in [0.2, 0.25) is 0 Å². The molecule has 0 bridgehead atoms. The summed E-state index contributed by atoms with van der Waals surface area (Å²) in [5, 5.41) is 2.00. The van der Waals surface area contributed by atoms with E-state index in [2.05, 4.69) is 0 Å². The van der Waals surface area contributed by atoms with Crippen molar-refractivity contribution in [2.24, 2.45) is 0 Å². The first-order valence-corrected chi connectivity index (χ1v) is 12.6. The zero-order valence-corrected chi connectivity index (χ0v) is 20.8. The number of amides is 2. The maximum atomic E-state index is 13.6. The van der Waals surface area contributed by atoms with Crippen LogP contribution in [0.5, 0.6) is 5.75 Å². The topological polar surface area (TPSA) is 59.1 Å². The molecule has 0 N–H and O–H groups in total. The molecule has 9 heteroatoms. The molecule has 0 spiro atoms. The molecule has 2 heterocycles. The summed E-state index contributed by atoms with van der Waals surface area (Å²) in [4.78, 5) is 31.2. The van der Waals surface area contributed by atoms with Crippen LogP contribution in [0.15, 0.2) is 60.0 Å². The molecule has 1 aliphatic heterocycles. The van der Waals surface area contributed by atoms with Crippen LogP contribution in [-0.2, 0) is 16.0 Å². The van der Waals surface area contributed by atoms with Crippen LogP contribution in [0.4, 0.5) is 8.78 Å². The molecule has 3 aromatic rings. The van der Waals surface area contributed by atoms with Gasteiger partial charge in [0, 0.05) is 37.2 Å². The molecule has 0 unspecified atom stereocenters. The molecule has 0 saturated carbocycles. The first-order valence-electron chi connectivity index (χ1n) is 11.7. The van der Waals surface area contributed by atoms with Gasteiger partial charge in [-0.2, -0.15) is 0 Å². The number of halogens is 2. The van der Waals surface area contributed by atoms with Crippen molar-refractivity contribution in [3.05, 3.63) is 87.6 Å². The molecule has 0 fully saturated rings. The minimum absolute atomic E-state index is 0.119. The number of rotatable bonds is 10. The summed E-state index contributed by atoms with van der Waals surface area (Å²) in [7, 11) is 1.58. The Labute approximate surface area is 213 Å². The Kier molecular flexibility index (Phi) is 8.66. The van der Waals surface area contributed by atoms with Gasteiger partial charge >= 0.3 is 0 Å². The molecule has 0 aliphatic carbocycles. The standard InChI is InChI=1S/C27H28F2N2O4S/c1-34-15-2-13-30(27(33)19-3-5-20(28)6-4-19)17-26(32)31-14-11-25-23(12-16-36-25)24(31)18-35-22-9-7-21(29)8-10-22/h3-10,12,16,24H,2,11,13-15,17-18H2,1H3/t24-/m0/s1.